The average molecular weight is 498 g/mol. The second-order valence-electron chi connectivity index (χ2n) is 10.4. The maximum absolute atomic E-state index is 12.4. The number of carbonyl (C=O) groups excluding carboxylic acids is 1. The van der Waals surface area contributed by atoms with Crippen molar-refractivity contribution in [1.82, 2.24) is 19.2 Å². The van der Waals surface area contributed by atoms with Crippen LogP contribution < -0.4 is 9.80 Å². The van der Waals surface area contributed by atoms with Crippen LogP contribution in [0.15, 0.2) is 18.3 Å². The molecule has 2 unspecified atom stereocenters. The lowest BCUT2D eigenvalue weighted by Crippen LogP contribution is -2.75. The lowest BCUT2D eigenvalue weighted by molar-refractivity contribution is -0.107. The van der Waals surface area contributed by atoms with E-state index in [1.807, 2.05) is 18.3 Å². The molecule has 2 aromatic rings. The zero-order valence-electron chi connectivity index (χ0n) is 19.9. The largest absolute Gasteiger partial charge is 0.368 e. The monoisotopic (exact) mass is 497 g/mol. The molecule has 6 rings (SSSR count). The number of nitrogens with zero attached hydrogens (tertiary/aromatic N) is 6. The van der Waals surface area contributed by atoms with E-state index in [2.05, 4.69) is 20.9 Å². The molecule has 11 heteroatoms. The van der Waals surface area contributed by atoms with Gasteiger partial charge in [-0.2, -0.15) is 9.57 Å². The molecule has 1 aliphatic carbocycles. The highest BCUT2D eigenvalue weighted by molar-refractivity contribution is 7.89. The first-order valence-electron chi connectivity index (χ1n) is 12.5. The minimum Gasteiger partial charge on any atom is -0.368 e. The minimum atomic E-state index is -3.25. The molecule has 1 saturated carbocycles. The minimum absolute atomic E-state index is 0.0893. The summed E-state index contributed by atoms with van der Waals surface area (Å²) < 4.78 is 26.4. The van der Waals surface area contributed by atoms with Crippen molar-refractivity contribution in [2.45, 2.75) is 62.7 Å². The van der Waals surface area contributed by atoms with Gasteiger partial charge >= 0.3 is 0 Å². The number of hydrogen-bond acceptors (Lipinski definition) is 7. The summed E-state index contributed by atoms with van der Waals surface area (Å²) in [6, 6.07) is 7.17. The van der Waals surface area contributed by atoms with Crippen LogP contribution in [0.2, 0.25) is 0 Å². The molecule has 0 spiro atoms. The van der Waals surface area contributed by atoms with Crippen LogP contribution in [0.3, 0.4) is 0 Å². The molecule has 3 saturated heterocycles. The summed E-state index contributed by atoms with van der Waals surface area (Å²) in [5, 5.41) is 10.7. The molecule has 3 aliphatic heterocycles. The van der Waals surface area contributed by atoms with Crippen molar-refractivity contribution < 1.29 is 13.2 Å². The lowest BCUT2D eigenvalue weighted by atomic mass is 9.84. The first-order valence-corrected chi connectivity index (χ1v) is 14.1. The molecule has 0 aromatic carbocycles. The van der Waals surface area contributed by atoms with Crippen molar-refractivity contribution in [3.63, 3.8) is 0 Å². The second-order valence-corrected chi connectivity index (χ2v) is 12.7. The highest BCUT2D eigenvalue weighted by Crippen LogP contribution is 2.45. The van der Waals surface area contributed by atoms with Gasteiger partial charge in [0.05, 0.1) is 29.5 Å². The lowest BCUT2D eigenvalue weighted by Gasteiger charge is -2.59. The Morgan fingerprint density at radius 2 is 1.97 bits per heavy atom. The molecule has 1 N–H and O–H groups in total. The third kappa shape index (κ3) is 3.61. The maximum atomic E-state index is 12.4. The number of fused-ring (bicyclic) bond motifs is 3. The molecular weight excluding hydrogens is 466 g/mol. The van der Waals surface area contributed by atoms with Crippen LogP contribution in [-0.2, 0) is 14.8 Å². The van der Waals surface area contributed by atoms with Crippen LogP contribution in [-0.4, -0.2) is 89.6 Å². The SMILES string of the molecule is CCS(=O)(=O)N1CC(CC#N)(N2C3CCC2CN(c2cc(N(C=O)C4CC4)nc4[nH]ccc24)C3)C1. The van der Waals surface area contributed by atoms with Crippen LogP contribution in [0.5, 0.6) is 0 Å². The van der Waals surface area contributed by atoms with Crippen LogP contribution in [0.25, 0.3) is 11.0 Å². The van der Waals surface area contributed by atoms with Gasteiger partial charge in [-0.05, 0) is 38.7 Å². The normalized spacial score (nSPS) is 26.5. The first kappa shape index (κ1) is 22.8. The molecule has 2 aromatic heterocycles. The van der Waals surface area contributed by atoms with Gasteiger partial charge in [-0.25, -0.2) is 13.4 Å². The number of sulfonamides is 1. The number of amides is 1. The fraction of sp³-hybridized carbons (Fsp3) is 0.625. The van der Waals surface area contributed by atoms with Crippen molar-refractivity contribution in [3.8, 4) is 6.07 Å². The summed E-state index contributed by atoms with van der Waals surface area (Å²) >= 11 is 0. The number of nitrogens with one attached hydrogen (secondary N) is 1. The predicted molar refractivity (Wildman–Crippen MR) is 133 cm³/mol. The molecule has 2 bridgehead atoms. The standard InChI is InChI=1S/C24H31N7O3S/c1-2-35(33,34)29-14-24(15-29,8-9-25)31-18-5-6-19(31)13-28(12-18)21-11-22(30(16-32)17-3-4-17)27-23-20(21)7-10-26-23/h7,10-11,16-19H,2-6,8,12-15H2,1H3,(H,26,27). The molecule has 5 heterocycles. The van der Waals surface area contributed by atoms with E-state index in [9.17, 15) is 18.5 Å². The fourth-order valence-electron chi connectivity index (χ4n) is 6.46. The van der Waals surface area contributed by atoms with Crippen LogP contribution in [0.4, 0.5) is 11.5 Å². The van der Waals surface area contributed by atoms with E-state index in [1.165, 1.54) is 0 Å². The molecule has 186 valence electrons. The highest BCUT2D eigenvalue weighted by atomic mass is 32.2. The number of rotatable bonds is 8. The van der Waals surface area contributed by atoms with Crippen molar-refractivity contribution in [3.05, 3.63) is 18.3 Å². The van der Waals surface area contributed by atoms with Crippen LogP contribution in [0.1, 0.15) is 39.0 Å². The quantitative estimate of drug-likeness (QED) is 0.551. The number of piperazine rings is 1. The summed E-state index contributed by atoms with van der Waals surface area (Å²) in [6.45, 7) is 4.08. The summed E-state index contributed by atoms with van der Waals surface area (Å²) in [6.07, 6.45) is 7.19. The van der Waals surface area contributed by atoms with Gasteiger partial charge in [0.25, 0.3) is 0 Å². The molecule has 0 radical (unpaired) electrons. The van der Waals surface area contributed by atoms with Gasteiger partial charge in [0.1, 0.15) is 11.5 Å². The molecule has 2 atom stereocenters. The summed E-state index contributed by atoms with van der Waals surface area (Å²) in [5.74, 6) is 0.772. The van der Waals surface area contributed by atoms with Gasteiger partial charge in [-0.1, -0.05) is 0 Å². The van der Waals surface area contributed by atoms with E-state index in [0.717, 1.165) is 61.9 Å². The Bertz CT molecular complexity index is 1280. The molecule has 4 aliphatic rings. The van der Waals surface area contributed by atoms with Gasteiger partial charge in [0, 0.05) is 62.0 Å². The van der Waals surface area contributed by atoms with Crippen molar-refractivity contribution >= 4 is 39.0 Å². The zero-order valence-corrected chi connectivity index (χ0v) is 20.7. The number of aromatic nitrogens is 2. The Hall–Kier alpha value is -2.68. The summed E-state index contributed by atoms with van der Waals surface area (Å²) in [4.78, 5) is 26.4. The highest BCUT2D eigenvalue weighted by Gasteiger charge is 2.58. The van der Waals surface area contributed by atoms with Crippen LogP contribution >= 0.6 is 0 Å². The summed E-state index contributed by atoms with van der Waals surface area (Å²) in [5.41, 5.74) is 1.45. The maximum Gasteiger partial charge on any atom is 0.215 e. The third-order valence-corrected chi connectivity index (χ3v) is 10.1. The number of carbonyl (C=O) groups is 1. The van der Waals surface area contributed by atoms with Gasteiger partial charge in [-0.15, -0.1) is 0 Å². The Morgan fingerprint density at radius 1 is 1.26 bits per heavy atom. The van der Waals surface area contributed by atoms with E-state index < -0.39 is 15.6 Å². The van der Waals surface area contributed by atoms with Crippen molar-refractivity contribution in [1.29, 1.82) is 5.26 Å². The molecule has 4 fully saturated rings. The predicted octanol–water partition coefficient (Wildman–Crippen LogP) is 1.66. The fourth-order valence-corrected chi connectivity index (χ4v) is 7.70. The van der Waals surface area contributed by atoms with E-state index >= 15 is 0 Å². The van der Waals surface area contributed by atoms with Crippen LogP contribution in [0, 0.1) is 11.3 Å². The van der Waals surface area contributed by atoms with Gasteiger partial charge < -0.3 is 9.88 Å². The van der Waals surface area contributed by atoms with Gasteiger partial charge in [0.2, 0.25) is 16.4 Å². The molecule has 1 amide bonds. The first-order chi connectivity index (χ1) is 16.9. The third-order valence-electron chi connectivity index (χ3n) is 8.29. The second kappa shape index (κ2) is 8.18. The Morgan fingerprint density at radius 3 is 2.57 bits per heavy atom. The average Bonchev–Trinajstić information content (AvgIpc) is 3.48. The van der Waals surface area contributed by atoms with Gasteiger partial charge in [0.15, 0.2) is 0 Å². The smallest absolute Gasteiger partial charge is 0.215 e. The van der Waals surface area contributed by atoms with E-state index in [-0.39, 0.29) is 23.9 Å². The zero-order chi connectivity index (χ0) is 24.4. The Labute approximate surface area is 205 Å². The number of nitriles is 1. The van der Waals surface area contributed by atoms with E-state index in [4.69, 9.17) is 4.98 Å². The Kier molecular flexibility index (Phi) is 5.32. The number of anilines is 2. The number of H-pyrrole nitrogens is 1. The van der Waals surface area contributed by atoms with Crippen molar-refractivity contribution in [2.75, 3.05) is 41.7 Å². The molecule has 10 nitrogen and oxygen atoms in total. The molecule has 35 heavy (non-hydrogen) atoms. The van der Waals surface area contributed by atoms with Crippen molar-refractivity contribution in [2.24, 2.45) is 0 Å². The number of hydrogen-bond donors (Lipinski definition) is 1. The molecular formula is C24H31N7O3S. The number of aromatic amines is 1. The Balaban J connectivity index is 1.29. The van der Waals surface area contributed by atoms with Gasteiger partial charge in [-0.3, -0.25) is 14.6 Å². The van der Waals surface area contributed by atoms with E-state index in [1.54, 1.807) is 16.1 Å². The topological polar surface area (TPSA) is 117 Å². The number of pyridine rings is 1. The van der Waals surface area contributed by atoms with E-state index in [0.29, 0.717) is 25.3 Å². The summed E-state index contributed by atoms with van der Waals surface area (Å²) in [7, 11) is -3.25.